The van der Waals surface area contributed by atoms with Gasteiger partial charge in [-0.25, -0.2) is 4.39 Å². The standard InChI is InChI=1S/C27H36FN3O7/c1-6-37-26-17(13-19(32)38-26)29-24(34)21-14-10-11-15(12-14)31(21)25(35)22(27(2,3)4)30-23(33)16-8-7-9-18(36-5)20(16)28/h7-9,14-15,17,21-22,26H,6,10-13H2,1-5H3,(H,29,34)(H,30,33)/t14?,15?,17-,21?,22?,26?/m0/s1. The van der Waals surface area contributed by atoms with Crippen LogP contribution in [-0.4, -0.2) is 72.8 Å². The van der Waals surface area contributed by atoms with Crippen molar-refractivity contribution >= 4 is 23.7 Å². The van der Waals surface area contributed by atoms with Crippen LogP contribution < -0.4 is 15.4 Å². The molecule has 38 heavy (non-hydrogen) atoms. The topological polar surface area (TPSA) is 123 Å². The number of halogens is 1. The van der Waals surface area contributed by atoms with E-state index in [-0.39, 0.29) is 35.6 Å². The third kappa shape index (κ3) is 5.34. The summed E-state index contributed by atoms with van der Waals surface area (Å²) in [6, 6.07) is 1.64. The van der Waals surface area contributed by atoms with Gasteiger partial charge >= 0.3 is 5.97 Å². The number of likely N-dealkylation sites (tertiary alicyclic amines) is 1. The van der Waals surface area contributed by atoms with E-state index in [0.29, 0.717) is 13.0 Å². The molecule has 0 radical (unpaired) electrons. The maximum atomic E-state index is 14.8. The van der Waals surface area contributed by atoms with Gasteiger partial charge in [-0.05, 0) is 49.7 Å². The van der Waals surface area contributed by atoms with Gasteiger partial charge in [0.2, 0.25) is 18.1 Å². The number of cyclic esters (lactones) is 1. The van der Waals surface area contributed by atoms with Crippen LogP contribution in [0, 0.1) is 17.2 Å². The van der Waals surface area contributed by atoms with Crippen molar-refractivity contribution in [2.45, 2.75) is 83.8 Å². The highest BCUT2D eigenvalue weighted by molar-refractivity contribution is 5.99. The van der Waals surface area contributed by atoms with Crippen molar-refractivity contribution in [1.82, 2.24) is 15.5 Å². The van der Waals surface area contributed by atoms with E-state index in [1.165, 1.54) is 25.3 Å². The minimum absolute atomic E-state index is 0.0159. The molecule has 0 spiro atoms. The number of esters is 1. The van der Waals surface area contributed by atoms with Crippen LogP contribution in [0.15, 0.2) is 18.2 Å². The molecule has 3 aliphatic rings. The van der Waals surface area contributed by atoms with Crippen molar-refractivity contribution in [2.75, 3.05) is 13.7 Å². The van der Waals surface area contributed by atoms with Crippen LogP contribution in [0.4, 0.5) is 4.39 Å². The summed E-state index contributed by atoms with van der Waals surface area (Å²) in [6.45, 7) is 7.48. The number of nitrogens with one attached hydrogen (secondary N) is 2. The lowest BCUT2D eigenvalue weighted by atomic mass is 9.84. The molecule has 2 heterocycles. The van der Waals surface area contributed by atoms with Gasteiger partial charge in [-0.15, -0.1) is 0 Å². The number of amides is 3. The first-order chi connectivity index (χ1) is 18.0. The zero-order chi connectivity index (χ0) is 27.8. The molecule has 1 aromatic carbocycles. The maximum absolute atomic E-state index is 14.8. The third-order valence-corrected chi connectivity index (χ3v) is 7.55. The molecular formula is C27H36FN3O7. The Morgan fingerprint density at radius 2 is 1.97 bits per heavy atom. The molecule has 2 saturated heterocycles. The summed E-state index contributed by atoms with van der Waals surface area (Å²) in [6.07, 6.45) is 1.33. The minimum atomic E-state index is -1.03. The monoisotopic (exact) mass is 533 g/mol. The largest absolute Gasteiger partial charge is 0.494 e. The highest BCUT2D eigenvalue weighted by Crippen LogP contribution is 2.44. The Morgan fingerprint density at radius 1 is 1.24 bits per heavy atom. The molecule has 10 nitrogen and oxygen atoms in total. The quantitative estimate of drug-likeness (QED) is 0.491. The van der Waals surface area contributed by atoms with E-state index in [0.717, 1.165) is 12.8 Å². The fraction of sp³-hybridized carbons (Fsp3) is 0.630. The molecule has 1 aromatic rings. The Kier molecular flexibility index (Phi) is 7.96. The Labute approximate surface area is 221 Å². The van der Waals surface area contributed by atoms with Crippen molar-refractivity contribution < 1.29 is 37.8 Å². The molecule has 2 N–H and O–H groups in total. The van der Waals surface area contributed by atoms with Gasteiger partial charge in [0.05, 0.1) is 19.1 Å². The second kappa shape index (κ2) is 10.9. The molecule has 4 rings (SSSR count). The maximum Gasteiger partial charge on any atom is 0.310 e. The number of carbonyl (C=O) groups excluding carboxylic acids is 4. The smallest absolute Gasteiger partial charge is 0.310 e. The Balaban J connectivity index is 1.56. The first-order valence-electron chi connectivity index (χ1n) is 13.0. The molecule has 11 heteroatoms. The SMILES string of the molecule is CCOC1OC(=O)C[C@@H]1NC(=O)C1C2CCC(C2)N1C(=O)C(NC(=O)c1cccc(OC)c1F)C(C)(C)C. The zero-order valence-electron chi connectivity index (χ0n) is 22.4. The number of fused-ring (bicyclic) bond motifs is 2. The number of piperidine rings is 1. The predicted octanol–water partition coefficient (Wildman–Crippen LogP) is 2.15. The van der Waals surface area contributed by atoms with Crippen molar-refractivity contribution in [1.29, 1.82) is 0 Å². The Morgan fingerprint density at radius 3 is 2.63 bits per heavy atom. The molecule has 3 amide bonds. The number of nitrogens with zero attached hydrogens (tertiary/aromatic N) is 1. The number of carbonyl (C=O) groups is 4. The average molecular weight is 534 g/mol. The lowest BCUT2D eigenvalue weighted by molar-refractivity contribution is -0.165. The normalized spacial score (nSPS) is 27.2. The Hall–Kier alpha value is -3.21. The van der Waals surface area contributed by atoms with Crippen molar-refractivity contribution in [3.63, 3.8) is 0 Å². The summed E-state index contributed by atoms with van der Waals surface area (Å²) in [7, 11) is 1.30. The van der Waals surface area contributed by atoms with Gasteiger partial charge in [-0.2, -0.15) is 0 Å². The fourth-order valence-electron chi connectivity index (χ4n) is 5.73. The number of methoxy groups -OCH3 is 1. The molecule has 2 bridgehead atoms. The first kappa shape index (κ1) is 27.8. The van der Waals surface area contributed by atoms with Gasteiger partial charge in [-0.3, -0.25) is 19.2 Å². The molecule has 6 atom stereocenters. The summed E-state index contributed by atoms with van der Waals surface area (Å²) < 4.78 is 30.4. The lowest BCUT2D eigenvalue weighted by Crippen LogP contribution is -2.62. The van der Waals surface area contributed by atoms with Crippen molar-refractivity contribution in [3.8, 4) is 5.75 Å². The molecule has 1 saturated carbocycles. The van der Waals surface area contributed by atoms with Gasteiger partial charge in [-0.1, -0.05) is 26.8 Å². The van der Waals surface area contributed by atoms with Crippen LogP contribution in [0.5, 0.6) is 5.75 Å². The van der Waals surface area contributed by atoms with E-state index in [9.17, 15) is 23.6 Å². The zero-order valence-corrected chi connectivity index (χ0v) is 22.4. The fourth-order valence-corrected chi connectivity index (χ4v) is 5.73. The summed E-state index contributed by atoms with van der Waals surface area (Å²) in [5, 5.41) is 5.59. The lowest BCUT2D eigenvalue weighted by Gasteiger charge is -2.40. The number of rotatable bonds is 8. The summed E-state index contributed by atoms with van der Waals surface area (Å²) in [5.74, 6) is -2.93. The van der Waals surface area contributed by atoms with Gasteiger partial charge < -0.3 is 29.7 Å². The molecule has 208 valence electrons. The van der Waals surface area contributed by atoms with E-state index < -0.39 is 53.4 Å². The highest BCUT2D eigenvalue weighted by atomic mass is 19.1. The number of hydrogen-bond acceptors (Lipinski definition) is 7. The summed E-state index contributed by atoms with van der Waals surface area (Å²) >= 11 is 0. The highest BCUT2D eigenvalue weighted by Gasteiger charge is 2.54. The molecule has 2 aliphatic heterocycles. The summed E-state index contributed by atoms with van der Waals surface area (Å²) in [5.41, 5.74) is -0.979. The second-order valence-corrected chi connectivity index (χ2v) is 11.1. The minimum Gasteiger partial charge on any atom is -0.494 e. The van der Waals surface area contributed by atoms with Gasteiger partial charge in [0.1, 0.15) is 18.1 Å². The Bertz CT molecular complexity index is 1100. The second-order valence-electron chi connectivity index (χ2n) is 11.1. The van der Waals surface area contributed by atoms with Crippen molar-refractivity contribution in [2.24, 2.45) is 11.3 Å². The van der Waals surface area contributed by atoms with Crippen molar-refractivity contribution in [3.05, 3.63) is 29.6 Å². The molecule has 3 fully saturated rings. The van der Waals surface area contributed by atoms with Crippen LogP contribution in [0.2, 0.25) is 0 Å². The molecular weight excluding hydrogens is 497 g/mol. The number of ether oxygens (including phenoxy) is 3. The van der Waals surface area contributed by atoms with E-state index in [4.69, 9.17) is 14.2 Å². The average Bonchev–Trinajstić information content (AvgIpc) is 3.56. The van der Waals surface area contributed by atoms with Crippen LogP contribution >= 0.6 is 0 Å². The van der Waals surface area contributed by atoms with Gasteiger partial charge in [0.25, 0.3) is 5.91 Å². The van der Waals surface area contributed by atoms with Gasteiger partial charge in [0.15, 0.2) is 11.6 Å². The van der Waals surface area contributed by atoms with E-state index >= 15 is 0 Å². The molecule has 1 aliphatic carbocycles. The van der Waals surface area contributed by atoms with E-state index in [1.807, 2.05) is 0 Å². The van der Waals surface area contributed by atoms with Crippen LogP contribution in [0.1, 0.15) is 63.7 Å². The van der Waals surface area contributed by atoms with E-state index in [2.05, 4.69) is 10.6 Å². The number of hydrogen-bond donors (Lipinski definition) is 2. The summed E-state index contributed by atoms with van der Waals surface area (Å²) in [4.78, 5) is 54.1. The van der Waals surface area contributed by atoms with Crippen LogP contribution in [-0.2, 0) is 23.9 Å². The molecule has 5 unspecified atom stereocenters. The van der Waals surface area contributed by atoms with Gasteiger partial charge in [0, 0.05) is 12.6 Å². The van der Waals surface area contributed by atoms with Crippen LogP contribution in [0.25, 0.3) is 0 Å². The third-order valence-electron chi connectivity index (χ3n) is 7.55. The van der Waals surface area contributed by atoms with Crippen LogP contribution in [0.3, 0.4) is 0 Å². The number of benzene rings is 1. The van der Waals surface area contributed by atoms with E-state index in [1.54, 1.807) is 32.6 Å². The predicted molar refractivity (Wildman–Crippen MR) is 133 cm³/mol. The molecule has 0 aromatic heterocycles. The first-order valence-corrected chi connectivity index (χ1v) is 13.0.